The average Bonchev–Trinajstić information content (AvgIpc) is 1.85. The van der Waals surface area contributed by atoms with Gasteiger partial charge in [-0.15, -0.1) is 0 Å². The fourth-order valence-corrected chi connectivity index (χ4v) is 0.584. The lowest BCUT2D eigenvalue weighted by Crippen LogP contribution is -2.24. The normalized spacial score (nSPS) is 9.45. The van der Waals surface area contributed by atoms with E-state index < -0.39 is 22.9 Å². The van der Waals surface area contributed by atoms with Crippen molar-refractivity contribution in [2.24, 2.45) is 0 Å². The number of nitrogens with one attached hydrogen (secondary N) is 2. The number of hydrogen-bond acceptors (Lipinski definition) is 3. The van der Waals surface area contributed by atoms with E-state index in [-0.39, 0.29) is 0 Å². The highest BCUT2D eigenvalue weighted by Gasteiger charge is 2.03. The van der Waals surface area contributed by atoms with Crippen LogP contribution in [-0.2, 0) is 0 Å². The summed E-state index contributed by atoms with van der Waals surface area (Å²) >= 11 is 0. The zero-order chi connectivity index (χ0) is 8.43. The molecule has 0 amide bonds. The van der Waals surface area contributed by atoms with Crippen LogP contribution in [-0.4, -0.2) is 21.0 Å². The molecule has 0 aromatic carbocycles. The molecule has 11 heavy (non-hydrogen) atoms. The van der Waals surface area contributed by atoms with Crippen LogP contribution in [0, 0.1) is 0 Å². The molecule has 1 aromatic rings. The van der Waals surface area contributed by atoms with Gasteiger partial charge in [0.1, 0.15) is 5.69 Å². The van der Waals surface area contributed by atoms with Crippen LogP contribution < -0.4 is 11.2 Å². The number of rotatable bonds is 1. The average molecular weight is 159 g/mol. The molecule has 1 rings (SSSR count). The number of aromatic amines is 2. The van der Waals surface area contributed by atoms with Gasteiger partial charge in [-0.2, -0.15) is 0 Å². The maximum Gasteiger partial charge on any atom is 0.352 e. The molecule has 0 aliphatic rings. The first-order valence-electron chi connectivity index (χ1n) is 2.66. The van der Waals surface area contributed by atoms with Crippen LogP contribution >= 0.6 is 0 Å². The van der Waals surface area contributed by atoms with Crippen LogP contribution in [0.25, 0.3) is 0 Å². The maximum atomic E-state index is 10.5. The lowest BCUT2D eigenvalue weighted by molar-refractivity contribution is 0.0689. The highest BCUT2D eigenvalue weighted by molar-refractivity contribution is 5.84. The molecule has 0 fully saturated rings. The Bertz CT molecular complexity index is 360. The lowest BCUT2D eigenvalue weighted by Gasteiger charge is -1.89. The van der Waals surface area contributed by atoms with Crippen LogP contribution in [0.2, 0.25) is 0 Å². The van der Waals surface area contributed by atoms with E-state index in [1.807, 2.05) is 9.97 Å². The number of H-pyrrole nitrogens is 2. The molecule has 0 aliphatic carbocycles. The second kappa shape index (κ2) is 2.41. The molecule has 6 nitrogen and oxygen atoms in total. The van der Waals surface area contributed by atoms with Gasteiger partial charge in [-0.05, 0) is 0 Å². The van der Waals surface area contributed by atoms with Crippen LogP contribution in [0.15, 0.2) is 15.7 Å². The lowest BCUT2D eigenvalue weighted by atomic mass is 10.4. The van der Waals surface area contributed by atoms with Crippen molar-refractivity contribution in [2.45, 2.75) is 0 Å². The first-order valence-corrected chi connectivity index (χ1v) is 2.66. The Morgan fingerprint density at radius 1 is 1.36 bits per heavy atom. The molecule has 6 heteroatoms. The predicted octanol–water partition coefficient (Wildman–Crippen LogP) is -1.24. The molecule has 0 spiro atoms. The van der Waals surface area contributed by atoms with E-state index in [0.29, 0.717) is 0 Å². The van der Waals surface area contributed by atoms with Gasteiger partial charge in [0, 0.05) is 6.07 Å². The van der Waals surface area contributed by atoms with Gasteiger partial charge in [-0.25, -0.2) is 9.59 Å². The van der Waals surface area contributed by atoms with Crippen molar-refractivity contribution in [3.63, 3.8) is 0 Å². The van der Waals surface area contributed by atoms with E-state index in [4.69, 9.17) is 5.11 Å². The van der Waals surface area contributed by atoms with Gasteiger partial charge in [0.25, 0.3) is 5.56 Å². The van der Waals surface area contributed by atoms with E-state index in [0.717, 1.165) is 6.07 Å². The summed E-state index contributed by atoms with van der Waals surface area (Å²) in [7, 11) is 0. The SMILES string of the molecule is O=C(O)c1cc(=O)[15nH][13c](=O)[15nH]1. The Kier molecular flexibility index (Phi) is 1.59. The highest BCUT2D eigenvalue weighted by Crippen LogP contribution is 1.81. The first kappa shape index (κ1) is 7.26. The van der Waals surface area contributed by atoms with E-state index in [9.17, 15) is 14.4 Å². The van der Waals surface area contributed by atoms with Crippen LogP contribution in [0.3, 0.4) is 0 Å². The zero-order valence-electron chi connectivity index (χ0n) is 5.25. The number of carbonyl (C=O) groups is 1. The summed E-state index contributed by atoms with van der Waals surface area (Å²) in [6.07, 6.45) is 0. The fraction of sp³-hybridized carbons (Fsp3) is 0. The minimum atomic E-state index is -1.34. The molecule has 1 aromatic heterocycles. The number of aromatic nitrogens is 2. The molecule has 0 bridgehead atoms. The largest absolute Gasteiger partial charge is 0.477 e. The summed E-state index contributed by atoms with van der Waals surface area (Å²) in [6, 6.07) is 0.795. The first-order chi connectivity index (χ1) is 5.09. The zero-order valence-corrected chi connectivity index (χ0v) is 5.25. The maximum absolute atomic E-state index is 10.5. The Balaban J connectivity index is 3.42. The predicted molar refractivity (Wildman–Crippen MR) is 34.6 cm³/mol. The minimum Gasteiger partial charge on any atom is -0.477 e. The molecular formula is C5H4N2O4. The third-order valence-electron chi connectivity index (χ3n) is 0.991. The molecule has 0 saturated carbocycles. The third-order valence-corrected chi connectivity index (χ3v) is 0.991. The van der Waals surface area contributed by atoms with E-state index >= 15 is 0 Å². The topological polar surface area (TPSA) is 103 Å². The van der Waals surface area contributed by atoms with E-state index in [1.54, 1.807) is 0 Å². The third kappa shape index (κ3) is 1.54. The van der Waals surface area contributed by atoms with Crippen molar-refractivity contribution in [2.75, 3.05) is 0 Å². The Labute approximate surface area is 59.5 Å². The second-order valence-electron chi connectivity index (χ2n) is 1.81. The van der Waals surface area contributed by atoms with Crippen LogP contribution in [0.4, 0.5) is 0 Å². The summed E-state index contributed by atoms with van der Waals surface area (Å²) < 4.78 is 0. The van der Waals surface area contributed by atoms with Crippen molar-refractivity contribution in [3.8, 4) is 0 Å². The molecule has 0 unspecified atom stereocenters. The van der Waals surface area contributed by atoms with Crippen molar-refractivity contribution in [1.82, 2.24) is 9.97 Å². The van der Waals surface area contributed by atoms with Crippen LogP contribution in [0.5, 0.6) is 0 Å². The second-order valence-corrected chi connectivity index (χ2v) is 1.81. The Hall–Kier alpha value is -1.85. The summed E-state index contributed by atoms with van der Waals surface area (Å²) in [5.41, 5.74) is -1.97. The van der Waals surface area contributed by atoms with Crippen molar-refractivity contribution in [3.05, 3.63) is 32.6 Å². The van der Waals surface area contributed by atoms with Gasteiger partial charge < -0.3 is 10.1 Å². The molecule has 0 aliphatic heterocycles. The molecular weight excluding hydrogens is 155 g/mol. The summed E-state index contributed by atoms with van der Waals surface area (Å²) in [5.74, 6) is -1.34. The van der Waals surface area contributed by atoms with Crippen LogP contribution in [0.1, 0.15) is 10.5 Å². The highest BCUT2D eigenvalue weighted by atomic mass is 16.4. The van der Waals surface area contributed by atoms with Crippen molar-refractivity contribution < 1.29 is 9.90 Å². The number of hydrogen-bond donors (Lipinski definition) is 3. The fourth-order valence-electron chi connectivity index (χ4n) is 0.584. The molecule has 1 heterocycles. The van der Waals surface area contributed by atoms with Gasteiger partial charge in [0.15, 0.2) is 0 Å². The summed E-state index contributed by atoms with van der Waals surface area (Å²) in [6.45, 7) is 0. The smallest absolute Gasteiger partial charge is 0.352 e. The monoisotopic (exact) mass is 159 g/mol. The molecule has 3 N–H and O–H groups in total. The van der Waals surface area contributed by atoms with E-state index in [1.165, 1.54) is 0 Å². The van der Waals surface area contributed by atoms with Gasteiger partial charge >= 0.3 is 11.7 Å². The number of carboxylic acids is 1. The van der Waals surface area contributed by atoms with Gasteiger partial charge in [-0.1, -0.05) is 0 Å². The summed E-state index contributed by atoms with van der Waals surface area (Å²) in [4.78, 5) is 34.9. The molecule has 58 valence electrons. The Morgan fingerprint density at radius 2 is 2.00 bits per heavy atom. The van der Waals surface area contributed by atoms with Crippen molar-refractivity contribution in [1.29, 1.82) is 0 Å². The van der Waals surface area contributed by atoms with Gasteiger partial charge in [0.05, 0.1) is 0 Å². The quantitative estimate of drug-likeness (QED) is 0.476. The molecule has 0 radical (unpaired) electrons. The van der Waals surface area contributed by atoms with Gasteiger partial charge in [-0.3, -0.25) is 9.78 Å². The number of carboxylic acid groups (broad SMARTS) is 1. The molecule has 0 saturated heterocycles. The van der Waals surface area contributed by atoms with Gasteiger partial charge in [0.2, 0.25) is 0 Å². The molecule has 0 atom stereocenters. The van der Waals surface area contributed by atoms with Crippen molar-refractivity contribution >= 4 is 5.97 Å². The summed E-state index contributed by atoms with van der Waals surface area (Å²) in [5, 5.41) is 8.31. The minimum absolute atomic E-state index is 0.418. The van der Waals surface area contributed by atoms with E-state index in [2.05, 4.69) is 0 Å². The number of aromatic carboxylic acids is 1. The Morgan fingerprint density at radius 3 is 2.45 bits per heavy atom. The standard InChI is InChI=1S/C5H4N2O4/c8-3-1-2(4(9)10)6-5(11)7-3/h1H,(H,9,10)(H2,6,7,8,11)/i5+1,6+1,7+1.